The maximum atomic E-state index is 11.2. The maximum absolute atomic E-state index is 11.2. The van der Waals surface area contributed by atoms with Crippen LogP contribution in [0.25, 0.3) is 0 Å². The van der Waals surface area contributed by atoms with E-state index in [0.717, 1.165) is 12.1 Å². The van der Waals surface area contributed by atoms with E-state index in [-0.39, 0.29) is 11.3 Å². The third-order valence-electron chi connectivity index (χ3n) is 2.98. The molecule has 0 bridgehead atoms. The second-order valence-electron chi connectivity index (χ2n) is 4.51. The number of benzene rings is 1. The van der Waals surface area contributed by atoms with Crippen LogP contribution in [0, 0.1) is 0 Å². The van der Waals surface area contributed by atoms with Gasteiger partial charge in [0.25, 0.3) is 0 Å². The molecule has 1 aromatic rings. The van der Waals surface area contributed by atoms with Crippen molar-refractivity contribution >= 4 is 11.6 Å². The molecule has 1 rings (SSSR count). The van der Waals surface area contributed by atoms with Crippen molar-refractivity contribution in [3.05, 3.63) is 42.5 Å². The average molecular weight is 217 g/mol. The number of hydrogen-bond acceptors (Lipinski definition) is 1. The van der Waals surface area contributed by atoms with Gasteiger partial charge in [0.05, 0.1) is 0 Å². The molecule has 0 spiro atoms. The summed E-state index contributed by atoms with van der Waals surface area (Å²) in [5.41, 5.74) is 2.19. The highest BCUT2D eigenvalue weighted by atomic mass is 16.1. The third-order valence-corrected chi connectivity index (χ3v) is 2.98. The summed E-state index contributed by atoms with van der Waals surface area (Å²) in [6.45, 7) is 9.99. The molecule has 1 aromatic carbocycles. The Bertz CT molecular complexity index is 393. The Hall–Kier alpha value is -1.57. The van der Waals surface area contributed by atoms with E-state index in [9.17, 15) is 4.79 Å². The molecular formula is C14H19NO. The largest absolute Gasteiger partial charge is 0.323 e. The molecule has 2 nitrogen and oxygen atoms in total. The lowest BCUT2D eigenvalue weighted by molar-refractivity contribution is -0.111. The minimum atomic E-state index is -0.175. The number of anilines is 1. The Labute approximate surface area is 97.4 Å². The van der Waals surface area contributed by atoms with E-state index < -0.39 is 0 Å². The van der Waals surface area contributed by atoms with E-state index in [0.29, 0.717) is 0 Å². The molecule has 0 saturated heterocycles. The molecule has 0 aliphatic rings. The lowest BCUT2D eigenvalue weighted by Crippen LogP contribution is -2.16. The number of amides is 1. The van der Waals surface area contributed by atoms with Gasteiger partial charge in [0.15, 0.2) is 0 Å². The van der Waals surface area contributed by atoms with E-state index in [1.807, 2.05) is 18.2 Å². The first kappa shape index (κ1) is 12.5. The van der Waals surface area contributed by atoms with Crippen LogP contribution in [0.2, 0.25) is 0 Å². The topological polar surface area (TPSA) is 29.1 Å². The van der Waals surface area contributed by atoms with E-state index in [2.05, 4.69) is 38.7 Å². The summed E-state index contributed by atoms with van der Waals surface area (Å²) in [5, 5.41) is 2.77. The van der Waals surface area contributed by atoms with Crippen molar-refractivity contribution in [3.8, 4) is 0 Å². The average Bonchev–Trinajstić information content (AvgIpc) is 2.29. The maximum Gasteiger partial charge on any atom is 0.247 e. The van der Waals surface area contributed by atoms with Gasteiger partial charge in [0, 0.05) is 5.69 Å². The van der Waals surface area contributed by atoms with Crippen molar-refractivity contribution in [2.45, 2.75) is 32.6 Å². The molecule has 0 atom stereocenters. The zero-order valence-electron chi connectivity index (χ0n) is 10.2. The molecule has 0 aliphatic carbocycles. The molecule has 0 saturated carbocycles. The number of hydrogen-bond donors (Lipinski definition) is 1. The van der Waals surface area contributed by atoms with E-state index >= 15 is 0 Å². The minimum Gasteiger partial charge on any atom is -0.323 e. The molecule has 0 aromatic heterocycles. The summed E-state index contributed by atoms with van der Waals surface area (Å²) in [6, 6.07) is 7.96. The van der Waals surface area contributed by atoms with Crippen LogP contribution in [-0.4, -0.2) is 5.91 Å². The van der Waals surface area contributed by atoms with Crippen LogP contribution in [0.5, 0.6) is 0 Å². The SMILES string of the molecule is C=CC(=O)Nc1cccc(C(C)(C)CC)c1. The van der Waals surface area contributed by atoms with Crippen LogP contribution < -0.4 is 5.32 Å². The van der Waals surface area contributed by atoms with Crippen LogP contribution in [-0.2, 0) is 10.2 Å². The number of nitrogens with one attached hydrogen (secondary N) is 1. The van der Waals surface area contributed by atoms with Gasteiger partial charge in [-0.25, -0.2) is 0 Å². The van der Waals surface area contributed by atoms with E-state index in [1.54, 1.807) is 0 Å². The van der Waals surface area contributed by atoms with Crippen molar-refractivity contribution in [2.75, 3.05) is 5.32 Å². The Balaban J connectivity index is 2.95. The van der Waals surface area contributed by atoms with E-state index in [1.165, 1.54) is 11.6 Å². The lowest BCUT2D eigenvalue weighted by Gasteiger charge is -2.23. The van der Waals surface area contributed by atoms with E-state index in [4.69, 9.17) is 0 Å². The highest BCUT2D eigenvalue weighted by Crippen LogP contribution is 2.28. The number of carbonyl (C=O) groups excluding carboxylic acids is 1. The van der Waals surface area contributed by atoms with Gasteiger partial charge in [0.1, 0.15) is 0 Å². The quantitative estimate of drug-likeness (QED) is 0.768. The Morgan fingerprint density at radius 3 is 2.75 bits per heavy atom. The molecule has 0 fully saturated rings. The Kier molecular flexibility index (Phi) is 3.88. The summed E-state index contributed by atoms with van der Waals surface area (Å²) in [4.78, 5) is 11.2. The van der Waals surface area contributed by atoms with Crippen LogP contribution in [0.4, 0.5) is 5.69 Å². The summed E-state index contributed by atoms with van der Waals surface area (Å²) in [6.07, 6.45) is 2.34. The fraction of sp³-hybridized carbons (Fsp3) is 0.357. The van der Waals surface area contributed by atoms with Crippen LogP contribution >= 0.6 is 0 Å². The molecule has 2 heteroatoms. The summed E-state index contributed by atoms with van der Waals surface area (Å²) >= 11 is 0. The zero-order valence-corrected chi connectivity index (χ0v) is 10.2. The number of carbonyl (C=O) groups is 1. The Morgan fingerprint density at radius 1 is 1.50 bits per heavy atom. The standard InChI is InChI=1S/C14H19NO/c1-5-13(16)15-12-9-7-8-11(10-12)14(3,4)6-2/h5,7-10H,1,6H2,2-4H3,(H,15,16). The first-order valence-corrected chi connectivity index (χ1v) is 5.53. The minimum absolute atomic E-state index is 0.134. The van der Waals surface area contributed by atoms with Gasteiger partial charge < -0.3 is 5.32 Å². The lowest BCUT2D eigenvalue weighted by atomic mass is 9.82. The molecule has 0 heterocycles. The van der Waals surface area contributed by atoms with Crippen molar-refractivity contribution in [1.29, 1.82) is 0 Å². The molecule has 86 valence electrons. The monoisotopic (exact) mass is 217 g/mol. The van der Waals surface area contributed by atoms with Crippen LogP contribution in [0.1, 0.15) is 32.8 Å². The van der Waals surface area contributed by atoms with Crippen LogP contribution in [0.3, 0.4) is 0 Å². The van der Waals surface area contributed by atoms with Gasteiger partial charge in [0.2, 0.25) is 5.91 Å². The smallest absolute Gasteiger partial charge is 0.247 e. The fourth-order valence-electron chi connectivity index (χ4n) is 1.42. The molecule has 1 N–H and O–H groups in total. The van der Waals surface area contributed by atoms with Gasteiger partial charge in [-0.1, -0.05) is 39.5 Å². The second-order valence-corrected chi connectivity index (χ2v) is 4.51. The summed E-state index contributed by atoms with van der Waals surface area (Å²) < 4.78 is 0. The third kappa shape index (κ3) is 2.96. The summed E-state index contributed by atoms with van der Waals surface area (Å²) in [5.74, 6) is -0.175. The molecular weight excluding hydrogens is 198 g/mol. The highest BCUT2D eigenvalue weighted by molar-refractivity contribution is 5.98. The predicted molar refractivity (Wildman–Crippen MR) is 68.6 cm³/mol. The normalized spacial score (nSPS) is 10.9. The molecule has 16 heavy (non-hydrogen) atoms. The van der Waals surface area contributed by atoms with Gasteiger partial charge in [-0.05, 0) is 35.6 Å². The first-order valence-electron chi connectivity index (χ1n) is 5.53. The van der Waals surface area contributed by atoms with Crippen molar-refractivity contribution in [3.63, 3.8) is 0 Å². The van der Waals surface area contributed by atoms with Gasteiger partial charge >= 0.3 is 0 Å². The fourth-order valence-corrected chi connectivity index (χ4v) is 1.42. The second kappa shape index (κ2) is 4.97. The number of rotatable bonds is 4. The van der Waals surface area contributed by atoms with Crippen LogP contribution in [0.15, 0.2) is 36.9 Å². The molecule has 0 unspecified atom stereocenters. The van der Waals surface area contributed by atoms with Crippen molar-refractivity contribution in [1.82, 2.24) is 0 Å². The molecule has 1 amide bonds. The van der Waals surface area contributed by atoms with Crippen molar-refractivity contribution < 1.29 is 4.79 Å². The highest BCUT2D eigenvalue weighted by Gasteiger charge is 2.17. The first-order chi connectivity index (χ1) is 7.49. The molecule has 0 aliphatic heterocycles. The van der Waals surface area contributed by atoms with Crippen molar-refractivity contribution in [2.24, 2.45) is 0 Å². The van der Waals surface area contributed by atoms with Gasteiger partial charge in [-0.15, -0.1) is 0 Å². The zero-order chi connectivity index (χ0) is 12.2. The molecule has 0 radical (unpaired) electrons. The van der Waals surface area contributed by atoms with Gasteiger partial charge in [-0.3, -0.25) is 4.79 Å². The predicted octanol–water partition coefficient (Wildman–Crippen LogP) is 3.50. The Morgan fingerprint density at radius 2 is 2.19 bits per heavy atom. The summed E-state index contributed by atoms with van der Waals surface area (Å²) in [7, 11) is 0. The van der Waals surface area contributed by atoms with Gasteiger partial charge in [-0.2, -0.15) is 0 Å².